The Morgan fingerprint density at radius 3 is 2.95 bits per heavy atom. The number of H-pyrrole nitrogens is 1. The summed E-state index contributed by atoms with van der Waals surface area (Å²) in [6, 6.07) is 3.70. The summed E-state index contributed by atoms with van der Waals surface area (Å²) < 4.78 is 1.34. The second kappa shape index (κ2) is 5.44. The lowest BCUT2D eigenvalue weighted by atomic mass is 10.1. The van der Waals surface area contributed by atoms with Crippen LogP contribution in [-0.2, 0) is 11.2 Å². The number of hydrogen-bond acceptors (Lipinski definition) is 4. The largest absolute Gasteiger partial charge is 0.481 e. The molecular formula is C15H14N4O3. The number of hydrogen-bond donors (Lipinski definition) is 2. The topological polar surface area (TPSA) is 100 Å². The number of aromatic nitrogens is 4. The molecule has 0 atom stereocenters. The molecule has 0 aromatic carbocycles. The molecule has 3 rings (SSSR count). The Hall–Kier alpha value is -2.96. The van der Waals surface area contributed by atoms with Gasteiger partial charge in [0.1, 0.15) is 0 Å². The van der Waals surface area contributed by atoms with Crippen molar-refractivity contribution in [3.05, 3.63) is 52.3 Å². The van der Waals surface area contributed by atoms with Crippen LogP contribution >= 0.6 is 0 Å². The van der Waals surface area contributed by atoms with Crippen LogP contribution in [0.15, 0.2) is 35.5 Å². The highest BCUT2D eigenvalue weighted by molar-refractivity contribution is 5.76. The Bertz CT molecular complexity index is 896. The number of aromatic amines is 1. The minimum atomic E-state index is -0.938. The van der Waals surface area contributed by atoms with Crippen molar-refractivity contribution in [3.63, 3.8) is 0 Å². The van der Waals surface area contributed by atoms with Gasteiger partial charge in [0.15, 0.2) is 5.65 Å². The lowest BCUT2D eigenvalue weighted by molar-refractivity contribution is -0.136. The molecule has 0 bridgehead atoms. The molecule has 0 aliphatic heterocycles. The van der Waals surface area contributed by atoms with Crippen LogP contribution in [0.3, 0.4) is 0 Å². The number of nitrogens with zero attached hydrogens (tertiary/aromatic N) is 3. The summed E-state index contributed by atoms with van der Waals surface area (Å²) in [7, 11) is 0. The maximum Gasteiger partial charge on any atom is 0.303 e. The van der Waals surface area contributed by atoms with Gasteiger partial charge >= 0.3 is 5.97 Å². The van der Waals surface area contributed by atoms with Crippen LogP contribution in [0.2, 0.25) is 0 Å². The van der Waals surface area contributed by atoms with Crippen molar-refractivity contribution >= 4 is 11.6 Å². The van der Waals surface area contributed by atoms with Crippen LogP contribution in [0.1, 0.15) is 17.7 Å². The minimum Gasteiger partial charge on any atom is -0.481 e. The zero-order chi connectivity index (χ0) is 15.7. The van der Waals surface area contributed by atoms with Gasteiger partial charge in [-0.1, -0.05) is 6.07 Å². The van der Waals surface area contributed by atoms with Gasteiger partial charge in [-0.25, -0.2) is 9.50 Å². The number of carboxylic acids is 1. The quantitative estimate of drug-likeness (QED) is 0.758. The first-order valence-corrected chi connectivity index (χ1v) is 6.79. The maximum absolute atomic E-state index is 12.5. The molecule has 7 heteroatoms. The molecule has 0 fully saturated rings. The highest BCUT2D eigenvalue weighted by atomic mass is 16.4. The normalized spacial score (nSPS) is 11.0. The molecule has 22 heavy (non-hydrogen) atoms. The van der Waals surface area contributed by atoms with E-state index >= 15 is 0 Å². The highest BCUT2D eigenvalue weighted by Gasteiger charge is 2.15. The number of pyridine rings is 1. The third-order valence-corrected chi connectivity index (χ3v) is 3.52. The first-order valence-electron chi connectivity index (χ1n) is 6.79. The summed E-state index contributed by atoms with van der Waals surface area (Å²) in [4.78, 5) is 31.7. The Morgan fingerprint density at radius 2 is 2.27 bits per heavy atom. The van der Waals surface area contributed by atoms with Crippen molar-refractivity contribution in [2.24, 2.45) is 0 Å². The molecule has 3 aromatic heterocycles. The van der Waals surface area contributed by atoms with Crippen LogP contribution in [0.25, 0.3) is 16.8 Å². The van der Waals surface area contributed by atoms with Gasteiger partial charge in [-0.05, 0) is 19.4 Å². The number of nitrogens with one attached hydrogen (secondary N) is 1. The Balaban J connectivity index is 2.15. The average molecular weight is 298 g/mol. The second-order valence-corrected chi connectivity index (χ2v) is 4.96. The van der Waals surface area contributed by atoms with Gasteiger partial charge in [-0.15, -0.1) is 0 Å². The number of aliphatic carboxylic acids is 1. The van der Waals surface area contributed by atoms with Crippen molar-refractivity contribution in [2.75, 3.05) is 0 Å². The Kier molecular flexibility index (Phi) is 3.46. The number of carboxylic acid groups (broad SMARTS) is 1. The van der Waals surface area contributed by atoms with E-state index in [1.54, 1.807) is 25.5 Å². The van der Waals surface area contributed by atoms with E-state index in [9.17, 15) is 9.59 Å². The predicted molar refractivity (Wildman–Crippen MR) is 79.7 cm³/mol. The summed E-state index contributed by atoms with van der Waals surface area (Å²) in [6.45, 7) is 1.72. The molecule has 0 spiro atoms. The minimum absolute atomic E-state index is 0.0972. The van der Waals surface area contributed by atoms with Gasteiger partial charge in [0.05, 0.1) is 0 Å². The van der Waals surface area contributed by atoms with E-state index in [-0.39, 0.29) is 18.4 Å². The number of rotatable bonds is 4. The summed E-state index contributed by atoms with van der Waals surface area (Å²) in [5, 5.41) is 11.7. The SMILES string of the molecule is Cc1nc2c(-c3cccnc3)c[nH]n2c(=O)c1CCC(=O)O. The number of carbonyl (C=O) groups is 1. The standard InChI is InChI=1S/C15H14N4O3/c1-9-11(4-5-13(20)21)15(22)19-14(18-9)12(8-17-19)10-3-2-6-16-7-10/h2-3,6-8,17H,4-5H2,1H3,(H,20,21). The van der Waals surface area contributed by atoms with Gasteiger partial charge in [0.2, 0.25) is 0 Å². The maximum atomic E-state index is 12.5. The van der Waals surface area contributed by atoms with Crippen LogP contribution in [0, 0.1) is 6.92 Å². The van der Waals surface area contributed by atoms with Crippen LogP contribution in [0.4, 0.5) is 0 Å². The monoisotopic (exact) mass is 298 g/mol. The van der Waals surface area contributed by atoms with E-state index in [1.807, 2.05) is 12.1 Å². The van der Waals surface area contributed by atoms with Gasteiger partial charge in [-0.2, -0.15) is 0 Å². The Labute approximate surface area is 125 Å². The molecule has 0 amide bonds. The zero-order valence-electron chi connectivity index (χ0n) is 11.9. The van der Waals surface area contributed by atoms with Crippen molar-refractivity contribution in [2.45, 2.75) is 19.8 Å². The molecule has 0 unspecified atom stereocenters. The lowest BCUT2D eigenvalue weighted by Gasteiger charge is -2.05. The lowest BCUT2D eigenvalue weighted by Crippen LogP contribution is -2.22. The number of fused-ring (bicyclic) bond motifs is 1. The molecule has 2 N–H and O–H groups in total. The molecule has 0 aliphatic rings. The van der Waals surface area contributed by atoms with E-state index in [0.717, 1.165) is 11.1 Å². The van der Waals surface area contributed by atoms with E-state index < -0.39 is 5.97 Å². The molecule has 3 aromatic rings. The molecule has 0 radical (unpaired) electrons. The van der Waals surface area contributed by atoms with Crippen molar-refractivity contribution in [1.82, 2.24) is 19.6 Å². The van der Waals surface area contributed by atoms with E-state index in [0.29, 0.717) is 16.9 Å². The van der Waals surface area contributed by atoms with Gasteiger partial charge in [0, 0.05) is 47.4 Å². The third-order valence-electron chi connectivity index (χ3n) is 3.52. The predicted octanol–water partition coefficient (Wildman–Crippen LogP) is 1.41. The van der Waals surface area contributed by atoms with Crippen molar-refractivity contribution < 1.29 is 9.90 Å². The fraction of sp³-hybridized carbons (Fsp3) is 0.200. The summed E-state index contributed by atoms with van der Waals surface area (Å²) in [5.41, 5.74) is 2.84. The molecule has 0 saturated heterocycles. The zero-order valence-corrected chi connectivity index (χ0v) is 11.9. The second-order valence-electron chi connectivity index (χ2n) is 4.96. The fourth-order valence-electron chi connectivity index (χ4n) is 2.41. The first-order chi connectivity index (χ1) is 10.6. The Morgan fingerprint density at radius 1 is 1.45 bits per heavy atom. The third kappa shape index (κ3) is 2.37. The molecule has 112 valence electrons. The van der Waals surface area contributed by atoms with Gasteiger partial charge in [-0.3, -0.25) is 19.7 Å². The van der Waals surface area contributed by atoms with E-state index in [2.05, 4.69) is 15.1 Å². The van der Waals surface area contributed by atoms with E-state index in [4.69, 9.17) is 5.11 Å². The van der Waals surface area contributed by atoms with Crippen LogP contribution in [-0.4, -0.2) is 30.7 Å². The molecule has 7 nitrogen and oxygen atoms in total. The number of aryl methyl sites for hydroxylation is 1. The van der Waals surface area contributed by atoms with Gasteiger partial charge < -0.3 is 5.11 Å². The van der Waals surface area contributed by atoms with Crippen LogP contribution in [0.5, 0.6) is 0 Å². The van der Waals surface area contributed by atoms with Crippen molar-refractivity contribution in [3.8, 4) is 11.1 Å². The molecule has 0 saturated carbocycles. The van der Waals surface area contributed by atoms with Gasteiger partial charge in [0.25, 0.3) is 5.56 Å². The van der Waals surface area contributed by atoms with E-state index in [1.165, 1.54) is 4.52 Å². The average Bonchev–Trinajstić information content (AvgIpc) is 2.91. The highest BCUT2D eigenvalue weighted by Crippen LogP contribution is 2.22. The summed E-state index contributed by atoms with van der Waals surface area (Å²) in [6.07, 6.45) is 5.13. The molecular weight excluding hydrogens is 284 g/mol. The molecule has 3 heterocycles. The molecule has 0 aliphatic carbocycles. The smallest absolute Gasteiger partial charge is 0.303 e. The first kappa shape index (κ1) is 14.0. The fourth-order valence-corrected chi connectivity index (χ4v) is 2.41. The van der Waals surface area contributed by atoms with Crippen molar-refractivity contribution in [1.29, 1.82) is 0 Å². The summed E-state index contributed by atoms with van der Waals surface area (Å²) in [5.74, 6) is -0.938. The summed E-state index contributed by atoms with van der Waals surface area (Å²) >= 11 is 0. The van der Waals surface area contributed by atoms with Crippen LogP contribution < -0.4 is 5.56 Å².